The third-order valence-electron chi connectivity index (χ3n) is 4.36. The summed E-state index contributed by atoms with van der Waals surface area (Å²) < 4.78 is 5.01. The van der Waals surface area contributed by atoms with Crippen LogP contribution in [0.3, 0.4) is 0 Å². The van der Waals surface area contributed by atoms with Crippen LogP contribution in [0.4, 0.5) is 5.95 Å². The highest BCUT2D eigenvalue weighted by Crippen LogP contribution is 2.41. The predicted molar refractivity (Wildman–Crippen MR) is 75.7 cm³/mol. The molecule has 0 amide bonds. The number of anilines is 1. The fraction of sp³-hybridized carbons (Fsp3) is 0.692. The van der Waals surface area contributed by atoms with Crippen LogP contribution >= 0.6 is 11.6 Å². The molecule has 2 heterocycles. The van der Waals surface area contributed by atoms with Gasteiger partial charge in [-0.3, -0.25) is 0 Å². The molecule has 0 bridgehead atoms. The van der Waals surface area contributed by atoms with Crippen molar-refractivity contribution in [3.63, 3.8) is 0 Å². The Labute approximate surface area is 127 Å². The van der Waals surface area contributed by atoms with E-state index in [9.17, 15) is 9.90 Å². The van der Waals surface area contributed by atoms with Gasteiger partial charge < -0.3 is 14.7 Å². The Morgan fingerprint density at radius 2 is 2.10 bits per heavy atom. The fourth-order valence-electron chi connectivity index (χ4n) is 3.50. The van der Waals surface area contributed by atoms with Crippen molar-refractivity contribution in [3.8, 4) is 6.01 Å². The summed E-state index contributed by atoms with van der Waals surface area (Å²) in [7, 11) is 1.44. The molecule has 1 aromatic heterocycles. The Kier molecular flexibility index (Phi) is 3.84. The first-order chi connectivity index (χ1) is 10.1. The zero-order valence-corrected chi connectivity index (χ0v) is 12.5. The number of fused-ring (bicyclic) bond motifs is 1. The van der Waals surface area contributed by atoms with E-state index >= 15 is 0 Å². The molecule has 1 aromatic rings. The summed E-state index contributed by atoms with van der Waals surface area (Å²) in [5.41, 5.74) is 0. The van der Waals surface area contributed by atoms with Crippen LogP contribution in [-0.2, 0) is 4.79 Å². The summed E-state index contributed by atoms with van der Waals surface area (Å²) in [6.45, 7) is 0. The predicted octanol–water partition coefficient (Wildman–Crippen LogP) is 1.76. The number of aliphatic carboxylic acids is 1. The van der Waals surface area contributed by atoms with Crippen LogP contribution in [-0.4, -0.2) is 45.2 Å². The molecule has 0 spiro atoms. The maximum absolute atomic E-state index is 11.6. The average Bonchev–Trinajstić information content (AvgIpc) is 2.86. The van der Waals surface area contributed by atoms with Gasteiger partial charge in [0.1, 0.15) is 6.04 Å². The molecular weight excluding hydrogens is 296 g/mol. The van der Waals surface area contributed by atoms with E-state index < -0.39 is 12.0 Å². The van der Waals surface area contributed by atoms with Crippen molar-refractivity contribution < 1.29 is 14.6 Å². The molecule has 1 aliphatic heterocycles. The van der Waals surface area contributed by atoms with Crippen LogP contribution in [0.15, 0.2) is 0 Å². The molecule has 3 rings (SSSR count). The second kappa shape index (κ2) is 5.63. The largest absolute Gasteiger partial charge is 0.480 e. The molecule has 1 saturated carbocycles. The lowest BCUT2D eigenvalue weighted by Crippen LogP contribution is -2.43. The summed E-state index contributed by atoms with van der Waals surface area (Å²) in [5.74, 6) is -0.171. The highest BCUT2D eigenvalue weighted by molar-refractivity contribution is 6.28. The molecule has 0 radical (unpaired) electrons. The van der Waals surface area contributed by atoms with Gasteiger partial charge in [-0.05, 0) is 36.8 Å². The molecule has 3 unspecified atom stereocenters. The highest BCUT2D eigenvalue weighted by atomic mass is 35.5. The summed E-state index contributed by atoms with van der Waals surface area (Å²) in [6.07, 6.45) is 4.90. The molecule has 2 aliphatic rings. The van der Waals surface area contributed by atoms with Crippen molar-refractivity contribution >= 4 is 23.5 Å². The zero-order valence-electron chi connectivity index (χ0n) is 11.7. The molecule has 114 valence electrons. The number of ether oxygens (including phenoxy) is 1. The first-order valence-electron chi connectivity index (χ1n) is 7.07. The van der Waals surface area contributed by atoms with E-state index in [2.05, 4.69) is 15.0 Å². The fourth-order valence-corrected chi connectivity index (χ4v) is 3.64. The number of nitrogens with zero attached hydrogens (tertiary/aromatic N) is 4. The minimum atomic E-state index is -0.847. The summed E-state index contributed by atoms with van der Waals surface area (Å²) in [4.78, 5) is 25.5. The Bertz CT molecular complexity index is 556. The monoisotopic (exact) mass is 312 g/mol. The van der Waals surface area contributed by atoms with E-state index in [4.69, 9.17) is 16.3 Å². The molecule has 1 N–H and O–H groups in total. The SMILES string of the molecule is COc1nc(Cl)nc(N2C(C(=O)O)CC3CCCCC32)n1. The Morgan fingerprint density at radius 3 is 2.81 bits per heavy atom. The quantitative estimate of drug-likeness (QED) is 0.909. The number of hydrogen-bond donors (Lipinski definition) is 1. The number of halogens is 1. The normalized spacial score (nSPS) is 28.3. The van der Waals surface area contributed by atoms with Crippen LogP contribution < -0.4 is 9.64 Å². The van der Waals surface area contributed by atoms with Crippen molar-refractivity contribution in [2.75, 3.05) is 12.0 Å². The van der Waals surface area contributed by atoms with Gasteiger partial charge >= 0.3 is 12.0 Å². The molecule has 7 nitrogen and oxygen atoms in total. The van der Waals surface area contributed by atoms with Gasteiger partial charge in [0, 0.05) is 6.04 Å². The number of rotatable bonds is 3. The number of carbonyl (C=O) groups is 1. The van der Waals surface area contributed by atoms with Crippen molar-refractivity contribution in [3.05, 3.63) is 5.28 Å². The summed E-state index contributed by atoms with van der Waals surface area (Å²) in [6, 6.07) is -0.349. The van der Waals surface area contributed by atoms with Gasteiger partial charge in [0.2, 0.25) is 11.2 Å². The molecule has 1 aliphatic carbocycles. The maximum Gasteiger partial charge on any atom is 0.326 e. The topological polar surface area (TPSA) is 88.4 Å². The van der Waals surface area contributed by atoms with Crippen molar-refractivity contribution in [2.45, 2.75) is 44.2 Å². The van der Waals surface area contributed by atoms with Gasteiger partial charge in [-0.15, -0.1) is 0 Å². The molecule has 1 saturated heterocycles. The number of carboxylic acids is 1. The first-order valence-corrected chi connectivity index (χ1v) is 7.44. The summed E-state index contributed by atoms with van der Waals surface area (Å²) >= 11 is 5.89. The molecular formula is C13H17ClN4O3. The van der Waals surface area contributed by atoms with E-state index in [1.54, 1.807) is 4.90 Å². The van der Waals surface area contributed by atoms with Crippen molar-refractivity contribution in [2.24, 2.45) is 5.92 Å². The number of aromatic nitrogens is 3. The third-order valence-corrected chi connectivity index (χ3v) is 4.53. The second-order valence-corrected chi connectivity index (χ2v) is 5.84. The number of hydrogen-bond acceptors (Lipinski definition) is 6. The average molecular weight is 313 g/mol. The second-order valence-electron chi connectivity index (χ2n) is 5.50. The molecule has 21 heavy (non-hydrogen) atoms. The molecule has 0 aromatic carbocycles. The van der Waals surface area contributed by atoms with Gasteiger partial charge in [0.15, 0.2) is 0 Å². The van der Waals surface area contributed by atoms with Gasteiger partial charge in [-0.25, -0.2) is 4.79 Å². The van der Waals surface area contributed by atoms with Gasteiger partial charge in [0.05, 0.1) is 7.11 Å². The lowest BCUT2D eigenvalue weighted by molar-refractivity contribution is -0.138. The lowest BCUT2D eigenvalue weighted by Gasteiger charge is -2.32. The van der Waals surface area contributed by atoms with E-state index in [0.29, 0.717) is 18.3 Å². The van der Waals surface area contributed by atoms with Crippen LogP contribution in [0.1, 0.15) is 32.1 Å². The smallest absolute Gasteiger partial charge is 0.326 e. The van der Waals surface area contributed by atoms with Crippen molar-refractivity contribution in [1.29, 1.82) is 0 Å². The van der Waals surface area contributed by atoms with Crippen LogP contribution in [0.25, 0.3) is 0 Å². The number of carboxylic acid groups (broad SMARTS) is 1. The summed E-state index contributed by atoms with van der Waals surface area (Å²) in [5, 5.41) is 9.52. The standard InChI is InChI=1S/C13H17ClN4O3/c1-21-13-16-11(14)15-12(17-13)18-8-5-3-2-4-7(8)6-9(18)10(19)20/h7-9H,2-6H2,1H3,(H,19,20). The maximum atomic E-state index is 11.6. The molecule has 3 atom stereocenters. The van der Waals surface area contributed by atoms with Gasteiger partial charge in [0.25, 0.3) is 0 Å². The Morgan fingerprint density at radius 1 is 1.33 bits per heavy atom. The minimum absolute atomic E-state index is 0.0141. The third kappa shape index (κ3) is 2.62. The van der Waals surface area contributed by atoms with Crippen LogP contribution in [0.2, 0.25) is 5.28 Å². The van der Waals surface area contributed by atoms with Gasteiger partial charge in [-0.2, -0.15) is 15.0 Å². The first kappa shape index (κ1) is 14.3. The molecule has 8 heteroatoms. The molecule has 2 fully saturated rings. The van der Waals surface area contributed by atoms with E-state index in [0.717, 1.165) is 25.7 Å². The lowest BCUT2D eigenvalue weighted by atomic mass is 9.85. The minimum Gasteiger partial charge on any atom is -0.480 e. The zero-order chi connectivity index (χ0) is 15.0. The number of methoxy groups -OCH3 is 1. The van der Waals surface area contributed by atoms with E-state index in [1.807, 2.05) is 0 Å². The Hall–Kier alpha value is -1.63. The van der Waals surface area contributed by atoms with E-state index in [1.165, 1.54) is 7.11 Å². The highest BCUT2D eigenvalue weighted by Gasteiger charge is 2.46. The van der Waals surface area contributed by atoms with Crippen LogP contribution in [0, 0.1) is 5.92 Å². The van der Waals surface area contributed by atoms with E-state index in [-0.39, 0.29) is 17.3 Å². The van der Waals surface area contributed by atoms with Crippen molar-refractivity contribution in [1.82, 2.24) is 15.0 Å². The van der Waals surface area contributed by atoms with Crippen LogP contribution in [0.5, 0.6) is 6.01 Å². The van der Waals surface area contributed by atoms with Gasteiger partial charge in [-0.1, -0.05) is 12.8 Å². The Balaban J connectivity index is 2.00.